The summed E-state index contributed by atoms with van der Waals surface area (Å²) in [6.07, 6.45) is -1.51. The highest BCUT2D eigenvalue weighted by molar-refractivity contribution is 5.88. The second kappa shape index (κ2) is 18.1. The van der Waals surface area contributed by atoms with Crippen LogP contribution >= 0.6 is 0 Å². The van der Waals surface area contributed by atoms with Crippen LogP contribution in [0.1, 0.15) is 71.8 Å². The average Bonchev–Trinajstić information content (AvgIpc) is 3.37. The Labute approximate surface area is 296 Å². The van der Waals surface area contributed by atoms with Crippen molar-refractivity contribution >= 4 is 23.9 Å². The van der Waals surface area contributed by atoms with Crippen molar-refractivity contribution in [1.29, 1.82) is 0 Å². The second-order valence-electron chi connectivity index (χ2n) is 14.9. The first-order chi connectivity index (χ1) is 23.5. The number of amides is 5. The zero-order valence-corrected chi connectivity index (χ0v) is 30.8. The first-order valence-electron chi connectivity index (χ1n) is 17.5. The molecule has 1 aromatic heterocycles. The number of nitrogens with zero attached hydrogens (tertiary/aromatic N) is 4. The molecule has 5 unspecified atom stereocenters. The first kappa shape index (κ1) is 40.2. The van der Waals surface area contributed by atoms with Gasteiger partial charge in [-0.05, 0) is 48.3 Å². The number of aliphatic hydroxyl groups excluding tert-OH is 1. The lowest BCUT2D eigenvalue weighted by Gasteiger charge is -2.36. The monoisotopic (exact) mass is 695 g/mol. The number of aryl methyl sites for hydroxylation is 1. The molecule has 0 spiro atoms. The highest BCUT2D eigenvalue weighted by Crippen LogP contribution is 2.23. The molecule has 0 aliphatic carbocycles. The maximum absolute atomic E-state index is 14.2. The number of hydrogen-bond donors (Lipinski definition) is 5. The van der Waals surface area contributed by atoms with Gasteiger partial charge in [-0.15, -0.1) is 0 Å². The number of pyridine rings is 1. The summed E-state index contributed by atoms with van der Waals surface area (Å²) >= 11 is 0. The molecule has 2 heterocycles. The molecule has 3 rings (SSSR count). The Bertz CT molecular complexity index is 1430. The number of carboxylic acid groups (broad SMARTS) is 1. The molecule has 2 aromatic rings. The molecule has 0 saturated carbocycles. The lowest BCUT2D eigenvalue weighted by molar-refractivity contribution is -0.132. The number of carbonyl (C=O) groups is 4. The molecule has 5 N–H and O–H groups in total. The number of rotatable bonds is 17. The molecule has 1 aromatic carbocycles. The molecule has 1 saturated heterocycles. The van der Waals surface area contributed by atoms with Crippen molar-refractivity contribution in [3.8, 4) is 0 Å². The molecule has 0 radical (unpaired) electrons. The zero-order chi connectivity index (χ0) is 37.2. The van der Waals surface area contributed by atoms with Crippen LogP contribution in [0, 0.1) is 24.2 Å². The fourth-order valence-corrected chi connectivity index (χ4v) is 6.22. The second-order valence-corrected chi connectivity index (χ2v) is 14.9. The maximum atomic E-state index is 14.2. The Morgan fingerprint density at radius 3 is 2.22 bits per heavy atom. The van der Waals surface area contributed by atoms with E-state index in [1.807, 2.05) is 83.1 Å². The largest absolute Gasteiger partial charge is 0.465 e. The van der Waals surface area contributed by atoms with Crippen molar-refractivity contribution in [2.75, 3.05) is 26.2 Å². The first-order valence-corrected chi connectivity index (χ1v) is 17.5. The highest BCUT2D eigenvalue weighted by Gasteiger charge is 2.41. The Hall–Kier alpha value is -4.23. The van der Waals surface area contributed by atoms with Gasteiger partial charge in [0.15, 0.2) is 0 Å². The molecule has 1 aliphatic rings. The molecule has 5 atom stereocenters. The van der Waals surface area contributed by atoms with E-state index in [2.05, 4.69) is 21.0 Å². The number of hydrogen-bond acceptors (Lipinski definition) is 7. The summed E-state index contributed by atoms with van der Waals surface area (Å²) in [5.41, 5.74) is 4.64. The van der Waals surface area contributed by atoms with E-state index in [0.29, 0.717) is 39.0 Å². The van der Waals surface area contributed by atoms with Gasteiger partial charge in [0, 0.05) is 31.9 Å². The van der Waals surface area contributed by atoms with E-state index >= 15 is 0 Å². The lowest BCUT2D eigenvalue weighted by atomic mass is 9.86. The maximum Gasteiger partial charge on any atom is 0.405 e. The van der Waals surface area contributed by atoms with E-state index in [4.69, 9.17) is 0 Å². The van der Waals surface area contributed by atoms with Crippen molar-refractivity contribution in [2.45, 2.75) is 99.0 Å². The van der Waals surface area contributed by atoms with E-state index in [1.165, 1.54) is 0 Å². The van der Waals surface area contributed by atoms with Gasteiger partial charge >= 0.3 is 12.1 Å². The molecule has 0 bridgehead atoms. The predicted octanol–water partition coefficient (Wildman–Crippen LogP) is 3.80. The van der Waals surface area contributed by atoms with E-state index < -0.39 is 41.6 Å². The van der Waals surface area contributed by atoms with Crippen molar-refractivity contribution in [3.05, 3.63) is 65.5 Å². The number of urea groups is 1. The number of hydrazine groups is 1. The van der Waals surface area contributed by atoms with E-state index in [-0.39, 0.29) is 30.3 Å². The standard InChI is InChI=1S/C37H57N7O6/c1-9-25(4)31(44-19-18-42(36(44)50)22-28-17-13-14-26(5)38-28)33(46)39-29(20-27-15-11-10-12-16-27)30(45)23-43(21-24(2)3)41-34(47)32(37(6,7)8)40-35(48)49/h10-17,24-25,29-32,40,45H,9,18-23H2,1-8H3,(H,39,46)(H,41,47)(H,48,49). The third kappa shape index (κ3) is 11.7. The molecule has 1 fully saturated rings. The SMILES string of the molecule is CCC(C)C(C(=O)NC(Cc1ccccc1)C(O)CN(CC(C)C)NC(=O)C(NC(=O)O)C(C)(C)C)N1CCN(Cc2cccc(C)n2)C1=O. The van der Waals surface area contributed by atoms with Gasteiger partial charge in [-0.1, -0.05) is 91.3 Å². The minimum Gasteiger partial charge on any atom is -0.465 e. The fourth-order valence-electron chi connectivity index (χ4n) is 6.22. The fraction of sp³-hybridized carbons (Fsp3) is 0.595. The third-order valence-electron chi connectivity index (χ3n) is 8.96. The number of aromatic nitrogens is 1. The summed E-state index contributed by atoms with van der Waals surface area (Å²) in [4.78, 5) is 60.7. The Balaban J connectivity index is 1.85. The molecule has 5 amide bonds. The summed E-state index contributed by atoms with van der Waals surface area (Å²) in [6, 6.07) is 12.4. The Morgan fingerprint density at radius 2 is 1.64 bits per heavy atom. The van der Waals surface area contributed by atoms with Gasteiger partial charge in [0.25, 0.3) is 5.91 Å². The molecule has 276 valence electrons. The van der Waals surface area contributed by atoms with Crippen molar-refractivity contribution in [2.24, 2.45) is 17.3 Å². The zero-order valence-electron chi connectivity index (χ0n) is 30.8. The van der Waals surface area contributed by atoms with E-state index in [9.17, 15) is 29.4 Å². The Kier molecular flexibility index (Phi) is 14.6. The average molecular weight is 696 g/mol. The van der Waals surface area contributed by atoms with Gasteiger partial charge in [-0.2, -0.15) is 0 Å². The van der Waals surface area contributed by atoms with Crippen LogP contribution in [-0.2, 0) is 22.6 Å². The summed E-state index contributed by atoms with van der Waals surface area (Å²) in [5, 5.41) is 28.1. The normalized spacial score (nSPS) is 16.6. The van der Waals surface area contributed by atoms with Crippen LogP contribution in [0.25, 0.3) is 0 Å². The molecule has 13 nitrogen and oxygen atoms in total. The number of aliphatic hydroxyl groups is 1. The quantitative estimate of drug-likeness (QED) is 0.156. The van der Waals surface area contributed by atoms with Crippen LogP contribution in [0.15, 0.2) is 48.5 Å². The summed E-state index contributed by atoms with van der Waals surface area (Å²) < 4.78 is 0. The highest BCUT2D eigenvalue weighted by atomic mass is 16.4. The van der Waals surface area contributed by atoms with Gasteiger partial charge in [0.1, 0.15) is 12.1 Å². The van der Waals surface area contributed by atoms with Gasteiger partial charge < -0.3 is 30.6 Å². The van der Waals surface area contributed by atoms with E-state index in [1.54, 1.807) is 35.6 Å². The van der Waals surface area contributed by atoms with E-state index in [0.717, 1.165) is 17.0 Å². The van der Waals surface area contributed by atoms with Crippen molar-refractivity contribution < 1.29 is 29.4 Å². The molecule has 13 heteroatoms. The minimum absolute atomic E-state index is 0.0421. The van der Waals surface area contributed by atoms with Crippen LogP contribution < -0.4 is 16.1 Å². The van der Waals surface area contributed by atoms with Crippen LogP contribution in [0.5, 0.6) is 0 Å². The van der Waals surface area contributed by atoms with Gasteiger partial charge in [0.2, 0.25) is 5.91 Å². The summed E-state index contributed by atoms with van der Waals surface area (Å²) in [7, 11) is 0. The smallest absolute Gasteiger partial charge is 0.405 e. The molecular weight excluding hydrogens is 638 g/mol. The predicted molar refractivity (Wildman–Crippen MR) is 192 cm³/mol. The molecule has 1 aliphatic heterocycles. The lowest BCUT2D eigenvalue weighted by Crippen LogP contribution is -2.61. The van der Waals surface area contributed by atoms with Gasteiger partial charge in [0.05, 0.1) is 24.4 Å². The topological polar surface area (TPSA) is 167 Å². The van der Waals surface area contributed by atoms with Crippen molar-refractivity contribution in [3.63, 3.8) is 0 Å². The van der Waals surface area contributed by atoms with Crippen LogP contribution in [0.3, 0.4) is 0 Å². The van der Waals surface area contributed by atoms with Gasteiger partial charge in [-0.25, -0.2) is 14.6 Å². The number of carbonyl (C=O) groups excluding carboxylic acids is 3. The summed E-state index contributed by atoms with van der Waals surface area (Å²) in [6.45, 7) is 16.6. The molecular formula is C37H57N7O6. The molecule has 50 heavy (non-hydrogen) atoms. The number of nitrogens with one attached hydrogen (secondary N) is 3. The number of benzene rings is 1. The van der Waals surface area contributed by atoms with Crippen LogP contribution in [0.4, 0.5) is 9.59 Å². The van der Waals surface area contributed by atoms with Crippen LogP contribution in [-0.4, -0.2) is 104 Å². The third-order valence-corrected chi connectivity index (χ3v) is 8.96. The Morgan fingerprint density at radius 1 is 0.960 bits per heavy atom. The van der Waals surface area contributed by atoms with Gasteiger partial charge in [-0.3, -0.25) is 20.0 Å². The summed E-state index contributed by atoms with van der Waals surface area (Å²) in [5.74, 6) is -0.996. The minimum atomic E-state index is -1.32. The van der Waals surface area contributed by atoms with Crippen LogP contribution in [0.2, 0.25) is 0 Å². The van der Waals surface area contributed by atoms with Crippen molar-refractivity contribution in [1.82, 2.24) is 35.9 Å².